The van der Waals surface area contributed by atoms with Crippen molar-refractivity contribution in [2.45, 2.75) is 53.9 Å². The first-order chi connectivity index (χ1) is 6.88. The second-order valence-electron chi connectivity index (χ2n) is 6.07. The first-order valence-corrected chi connectivity index (χ1v) is 5.95. The largest absolute Gasteiger partial charge is 0.0617 e. The van der Waals surface area contributed by atoms with E-state index < -0.39 is 0 Å². The van der Waals surface area contributed by atoms with Gasteiger partial charge in [0.1, 0.15) is 0 Å². The number of benzene rings is 1. The fraction of sp³-hybridized carbons (Fsp3) is 0.600. The van der Waals surface area contributed by atoms with Crippen LogP contribution in [0.5, 0.6) is 0 Å². The Morgan fingerprint density at radius 2 is 1.60 bits per heavy atom. The molecule has 0 radical (unpaired) electrons. The standard InChI is InChI=1S/C10H12.C5H12/c1-8-4-2-5-9-6-3-7-10(8)9;1-5(2,3)4/h2,4-5H,3,6-7H2,1H3;1-4H3. The lowest BCUT2D eigenvalue weighted by Gasteiger charge is -2.05. The fourth-order valence-electron chi connectivity index (χ4n) is 1.81. The molecule has 0 spiro atoms. The zero-order valence-electron chi connectivity index (χ0n) is 10.9. The van der Waals surface area contributed by atoms with Gasteiger partial charge in [-0.15, -0.1) is 0 Å². The molecule has 1 aromatic rings. The van der Waals surface area contributed by atoms with Gasteiger partial charge in [0.15, 0.2) is 0 Å². The van der Waals surface area contributed by atoms with E-state index >= 15 is 0 Å². The van der Waals surface area contributed by atoms with Gasteiger partial charge in [-0.2, -0.15) is 0 Å². The molecule has 0 amide bonds. The van der Waals surface area contributed by atoms with Crippen LogP contribution in [-0.4, -0.2) is 0 Å². The van der Waals surface area contributed by atoms with Crippen molar-refractivity contribution in [2.24, 2.45) is 5.41 Å². The minimum absolute atomic E-state index is 0.500. The summed E-state index contributed by atoms with van der Waals surface area (Å²) in [7, 11) is 0. The summed E-state index contributed by atoms with van der Waals surface area (Å²) in [6, 6.07) is 6.64. The van der Waals surface area contributed by atoms with Gasteiger partial charge in [-0.25, -0.2) is 0 Å². The topological polar surface area (TPSA) is 0 Å². The van der Waals surface area contributed by atoms with Crippen LogP contribution in [0.15, 0.2) is 18.2 Å². The lowest BCUT2D eigenvalue weighted by Crippen LogP contribution is -1.93. The van der Waals surface area contributed by atoms with E-state index in [9.17, 15) is 0 Å². The van der Waals surface area contributed by atoms with Crippen LogP contribution in [-0.2, 0) is 12.8 Å². The van der Waals surface area contributed by atoms with Crippen LogP contribution in [0.1, 0.15) is 50.8 Å². The molecule has 1 aromatic carbocycles. The number of rotatable bonds is 0. The Balaban J connectivity index is 0.000000195. The second kappa shape index (κ2) is 4.83. The normalized spacial score (nSPS) is 14.2. The van der Waals surface area contributed by atoms with E-state index in [2.05, 4.69) is 52.8 Å². The third-order valence-corrected chi connectivity index (χ3v) is 2.38. The van der Waals surface area contributed by atoms with Crippen LogP contribution in [0, 0.1) is 12.3 Å². The number of hydrogen-bond acceptors (Lipinski definition) is 0. The second-order valence-corrected chi connectivity index (χ2v) is 6.07. The van der Waals surface area contributed by atoms with Crippen molar-refractivity contribution in [3.63, 3.8) is 0 Å². The molecule has 2 rings (SSSR count). The average Bonchev–Trinajstić information content (AvgIpc) is 2.49. The summed E-state index contributed by atoms with van der Waals surface area (Å²) >= 11 is 0. The number of aryl methyl sites for hydroxylation is 2. The SMILES string of the molecule is CC(C)(C)C.Cc1cccc2c1CCC2. The Morgan fingerprint density at radius 1 is 1.00 bits per heavy atom. The highest BCUT2D eigenvalue weighted by atomic mass is 14.2. The highest BCUT2D eigenvalue weighted by Crippen LogP contribution is 2.24. The average molecular weight is 204 g/mol. The molecule has 84 valence electrons. The molecule has 0 heterocycles. The summed E-state index contributed by atoms with van der Waals surface area (Å²) in [5.41, 5.74) is 5.18. The minimum atomic E-state index is 0.500. The van der Waals surface area contributed by atoms with Gasteiger partial charge in [-0.3, -0.25) is 0 Å². The van der Waals surface area contributed by atoms with Crippen molar-refractivity contribution < 1.29 is 0 Å². The van der Waals surface area contributed by atoms with Gasteiger partial charge < -0.3 is 0 Å². The summed E-state index contributed by atoms with van der Waals surface area (Å²) in [6.45, 7) is 11.0. The number of hydrogen-bond donors (Lipinski definition) is 0. The van der Waals surface area contributed by atoms with Gasteiger partial charge in [-0.05, 0) is 48.3 Å². The van der Waals surface area contributed by atoms with E-state index in [0.717, 1.165) is 0 Å². The van der Waals surface area contributed by atoms with Crippen LogP contribution in [0.3, 0.4) is 0 Å². The van der Waals surface area contributed by atoms with Crippen LogP contribution in [0.4, 0.5) is 0 Å². The molecule has 0 aromatic heterocycles. The van der Waals surface area contributed by atoms with Gasteiger partial charge in [-0.1, -0.05) is 45.9 Å². The Morgan fingerprint density at radius 3 is 2.13 bits per heavy atom. The van der Waals surface area contributed by atoms with Crippen molar-refractivity contribution >= 4 is 0 Å². The highest BCUT2D eigenvalue weighted by Gasteiger charge is 2.10. The maximum Gasteiger partial charge on any atom is -0.0270 e. The predicted molar refractivity (Wildman–Crippen MR) is 68.3 cm³/mol. The van der Waals surface area contributed by atoms with Gasteiger partial charge in [0, 0.05) is 0 Å². The zero-order chi connectivity index (χ0) is 11.5. The van der Waals surface area contributed by atoms with E-state index in [1.165, 1.54) is 24.8 Å². The molecular weight excluding hydrogens is 180 g/mol. The molecule has 0 heteroatoms. The molecule has 0 N–H and O–H groups in total. The van der Waals surface area contributed by atoms with Gasteiger partial charge in [0.2, 0.25) is 0 Å². The first-order valence-electron chi connectivity index (χ1n) is 5.95. The molecule has 0 fully saturated rings. The first kappa shape index (κ1) is 12.3. The Bertz CT molecular complexity index is 309. The molecule has 0 saturated heterocycles. The van der Waals surface area contributed by atoms with E-state index in [1.54, 1.807) is 11.1 Å². The Labute approximate surface area is 94.7 Å². The molecule has 0 nitrogen and oxygen atoms in total. The van der Waals surface area contributed by atoms with Gasteiger partial charge in [0.05, 0.1) is 0 Å². The van der Waals surface area contributed by atoms with Crippen LogP contribution < -0.4 is 0 Å². The molecule has 0 bridgehead atoms. The molecule has 0 atom stereocenters. The minimum Gasteiger partial charge on any atom is -0.0617 e. The third-order valence-electron chi connectivity index (χ3n) is 2.38. The van der Waals surface area contributed by atoms with Crippen molar-refractivity contribution in [2.75, 3.05) is 0 Å². The molecule has 1 aliphatic rings. The van der Waals surface area contributed by atoms with Crippen LogP contribution in [0.25, 0.3) is 0 Å². The monoisotopic (exact) mass is 204 g/mol. The summed E-state index contributed by atoms with van der Waals surface area (Å²) in [4.78, 5) is 0. The van der Waals surface area contributed by atoms with E-state index in [-0.39, 0.29) is 0 Å². The summed E-state index contributed by atoms with van der Waals surface area (Å²) in [6.07, 6.45) is 3.97. The zero-order valence-corrected chi connectivity index (χ0v) is 10.9. The predicted octanol–water partition coefficient (Wildman–Crippen LogP) is 4.54. The van der Waals surface area contributed by atoms with Crippen LogP contribution >= 0.6 is 0 Å². The maximum atomic E-state index is 2.26. The Hall–Kier alpha value is -0.780. The molecule has 1 aliphatic carbocycles. The van der Waals surface area contributed by atoms with Crippen LogP contribution in [0.2, 0.25) is 0 Å². The van der Waals surface area contributed by atoms with Gasteiger partial charge >= 0.3 is 0 Å². The number of fused-ring (bicyclic) bond motifs is 1. The molecule has 0 unspecified atom stereocenters. The van der Waals surface area contributed by atoms with E-state index in [0.29, 0.717) is 5.41 Å². The lowest BCUT2D eigenvalue weighted by molar-refractivity contribution is 0.469. The maximum absolute atomic E-state index is 2.26. The lowest BCUT2D eigenvalue weighted by atomic mass is 10.0. The molecule has 0 saturated carbocycles. The summed E-state index contributed by atoms with van der Waals surface area (Å²) in [5.74, 6) is 0. The molecular formula is C15H24. The Kier molecular flexibility index (Phi) is 3.96. The quantitative estimate of drug-likeness (QED) is 0.582. The van der Waals surface area contributed by atoms with E-state index in [4.69, 9.17) is 0 Å². The molecule has 0 aliphatic heterocycles. The van der Waals surface area contributed by atoms with Crippen molar-refractivity contribution in [3.05, 3.63) is 34.9 Å². The van der Waals surface area contributed by atoms with Gasteiger partial charge in [0.25, 0.3) is 0 Å². The van der Waals surface area contributed by atoms with E-state index in [1.807, 2.05) is 0 Å². The van der Waals surface area contributed by atoms with Crippen molar-refractivity contribution in [1.29, 1.82) is 0 Å². The van der Waals surface area contributed by atoms with Crippen molar-refractivity contribution in [3.8, 4) is 0 Å². The summed E-state index contributed by atoms with van der Waals surface area (Å²) in [5, 5.41) is 0. The molecule has 15 heavy (non-hydrogen) atoms. The summed E-state index contributed by atoms with van der Waals surface area (Å²) < 4.78 is 0. The fourth-order valence-corrected chi connectivity index (χ4v) is 1.81. The highest BCUT2D eigenvalue weighted by molar-refractivity contribution is 5.37. The third kappa shape index (κ3) is 4.51. The van der Waals surface area contributed by atoms with Crippen molar-refractivity contribution in [1.82, 2.24) is 0 Å². The smallest absolute Gasteiger partial charge is 0.0270 e.